The number of hydrogen-bond donors (Lipinski definition) is 2. The molecule has 2 amide bonds. The number of ether oxygens (including phenoxy) is 1. The Morgan fingerprint density at radius 2 is 1.74 bits per heavy atom. The second kappa shape index (κ2) is 13.8. The Bertz CT molecular complexity index is 1600. The monoisotopic (exact) mass is 701 g/mol. The normalized spacial score (nSPS) is 11.3. The van der Waals surface area contributed by atoms with Crippen molar-refractivity contribution in [3.63, 3.8) is 0 Å². The van der Waals surface area contributed by atoms with Crippen molar-refractivity contribution in [2.24, 2.45) is 0 Å². The molecule has 0 unspecified atom stereocenters. The predicted molar refractivity (Wildman–Crippen MR) is 159 cm³/mol. The van der Waals surface area contributed by atoms with E-state index in [0.717, 1.165) is 30.0 Å². The minimum atomic E-state index is -4.60. The van der Waals surface area contributed by atoms with Crippen molar-refractivity contribution in [3.8, 4) is 11.4 Å². The first-order valence-electron chi connectivity index (χ1n) is 12.2. The Hall–Kier alpha value is -3.26. The van der Waals surface area contributed by atoms with Crippen molar-refractivity contribution < 1.29 is 27.5 Å². The Labute approximate surface area is 261 Å². The summed E-state index contributed by atoms with van der Waals surface area (Å²) in [5, 5.41) is 14.1. The lowest BCUT2D eigenvalue weighted by molar-refractivity contribution is -0.137. The molecule has 0 saturated carbocycles. The van der Waals surface area contributed by atoms with Gasteiger partial charge in [-0.05, 0) is 67.6 Å². The van der Waals surface area contributed by atoms with E-state index >= 15 is 0 Å². The number of carbonyl (C=O) groups excluding carboxylic acids is 2. The third-order valence-electron chi connectivity index (χ3n) is 5.59. The number of alkyl halides is 3. The maximum Gasteiger partial charge on any atom is 0.416 e. The lowest BCUT2D eigenvalue weighted by Gasteiger charge is -2.13. The summed E-state index contributed by atoms with van der Waals surface area (Å²) in [6, 6.07) is 14.6. The van der Waals surface area contributed by atoms with Gasteiger partial charge in [-0.25, -0.2) is 0 Å². The number of thioether (sulfide) groups is 1. The fraction of sp³-hybridized carbons (Fsp3) is 0.185. The number of carbonyl (C=O) groups is 2. The van der Waals surface area contributed by atoms with Crippen molar-refractivity contribution in [3.05, 3.63) is 92.1 Å². The molecule has 1 aromatic heterocycles. The SMILES string of the molecule is CCOc1ccc(-n2c(CNC(=O)c3cc(Br)ccc3Cl)nnc2SCC(=O)Nc2cc(C(F)(F)F)ccc2Cl)cc1. The quantitative estimate of drug-likeness (QED) is 0.167. The topological polar surface area (TPSA) is 98.1 Å². The molecule has 1 heterocycles. The van der Waals surface area contributed by atoms with Crippen LogP contribution in [0.4, 0.5) is 18.9 Å². The molecule has 220 valence electrons. The number of amides is 2. The van der Waals surface area contributed by atoms with Gasteiger partial charge in [-0.3, -0.25) is 14.2 Å². The van der Waals surface area contributed by atoms with Crippen LogP contribution in [0.1, 0.15) is 28.7 Å². The van der Waals surface area contributed by atoms with Crippen molar-refractivity contribution in [2.45, 2.75) is 24.8 Å². The number of nitrogens with one attached hydrogen (secondary N) is 2. The van der Waals surface area contributed by atoms with Gasteiger partial charge < -0.3 is 15.4 Å². The third kappa shape index (κ3) is 7.97. The lowest BCUT2D eigenvalue weighted by Crippen LogP contribution is -2.25. The van der Waals surface area contributed by atoms with Crippen LogP contribution in [-0.2, 0) is 17.5 Å². The number of hydrogen-bond acceptors (Lipinski definition) is 6. The molecule has 0 atom stereocenters. The van der Waals surface area contributed by atoms with Crippen molar-refractivity contribution in [2.75, 3.05) is 17.7 Å². The largest absolute Gasteiger partial charge is 0.494 e. The molecule has 0 fully saturated rings. The molecule has 0 aliphatic heterocycles. The maximum atomic E-state index is 13.1. The summed E-state index contributed by atoms with van der Waals surface area (Å²) in [6.07, 6.45) is -4.60. The van der Waals surface area contributed by atoms with E-state index in [1.807, 2.05) is 6.92 Å². The molecular weight excluding hydrogens is 682 g/mol. The molecule has 0 saturated heterocycles. The van der Waals surface area contributed by atoms with E-state index in [9.17, 15) is 22.8 Å². The first-order valence-corrected chi connectivity index (χ1v) is 14.7. The van der Waals surface area contributed by atoms with Crippen LogP contribution in [0, 0.1) is 0 Å². The standard InChI is InChI=1S/C27H21BrCl2F3N5O3S/c1-2-41-18-7-5-17(6-8-18)38-23(13-34-25(40)19-12-16(28)4-10-20(19)29)36-37-26(38)42-14-24(39)35-22-11-15(27(31,32)33)3-9-21(22)30/h3-12H,2,13-14H2,1H3,(H,34,40)(H,35,39). The fourth-order valence-corrected chi connectivity index (χ4v) is 5.17. The summed E-state index contributed by atoms with van der Waals surface area (Å²) in [6.45, 7) is 2.31. The molecule has 2 N–H and O–H groups in total. The van der Waals surface area contributed by atoms with E-state index < -0.39 is 23.6 Å². The van der Waals surface area contributed by atoms with E-state index in [1.54, 1.807) is 47.0 Å². The Morgan fingerprint density at radius 1 is 1.02 bits per heavy atom. The van der Waals surface area contributed by atoms with E-state index in [4.69, 9.17) is 27.9 Å². The number of anilines is 1. The summed E-state index contributed by atoms with van der Waals surface area (Å²) in [7, 11) is 0. The van der Waals surface area contributed by atoms with Crippen molar-refractivity contribution in [1.82, 2.24) is 20.1 Å². The van der Waals surface area contributed by atoms with E-state index in [-0.39, 0.29) is 33.6 Å². The van der Waals surface area contributed by atoms with Gasteiger partial charge in [0.25, 0.3) is 5.91 Å². The average Bonchev–Trinajstić information content (AvgIpc) is 3.35. The van der Waals surface area contributed by atoms with E-state index in [1.165, 1.54) is 0 Å². The van der Waals surface area contributed by atoms with Crippen molar-refractivity contribution >= 4 is 68.4 Å². The van der Waals surface area contributed by atoms with Crippen LogP contribution in [-0.4, -0.2) is 38.9 Å². The second-order valence-electron chi connectivity index (χ2n) is 8.50. The molecule has 0 radical (unpaired) electrons. The molecule has 0 aliphatic rings. The minimum Gasteiger partial charge on any atom is -0.494 e. The Balaban J connectivity index is 1.54. The molecule has 4 rings (SSSR count). The molecule has 0 bridgehead atoms. The molecule has 8 nitrogen and oxygen atoms in total. The van der Waals surface area contributed by atoms with Crippen LogP contribution >= 0.6 is 50.9 Å². The highest BCUT2D eigenvalue weighted by atomic mass is 79.9. The predicted octanol–water partition coefficient (Wildman–Crippen LogP) is 7.41. The summed E-state index contributed by atoms with van der Waals surface area (Å²) < 4.78 is 47.2. The molecule has 0 aliphatic carbocycles. The Morgan fingerprint density at radius 3 is 2.43 bits per heavy atom. The highest BCUT2D eigenvalue weighted by Crippen LogP contribution is 2.34. The van der Waals surface area contributed by atoms with Crippen LogP contribution < -0.4 is 15.4 Å². The van der Waals surface area contributed by atoms with Gasteiger partial charge in [-0.2, -0.15) is 13.2 Å². The second-order valence-corrected chi connectivity index (χ2v) is 11.2. The van der Waals surface area contributed by atoms with Gasteiger partial charge >= 0.3 is 6.18 Å². The maximum absolute atomic E-state index is 13.1. The van der Waals surface area contributed by atoms with Crippen LogP contribution in [0.5, 0.6) is 5.75 Å². The molecule has 15 heteroatoms. The van der Waals surface area contributed by atoms with Crippen LogP contribution in [0.15, 0.2) is 70.3 Å². The highest BCUT2D eigenvalue weighted by Gasteiger charge is 2.31. The summed E-state index contributed by atoms with van der Waals surface area (Å²) in [5.74, 6) is -0.278. The highest BCUT2D eigenvalue weighted by molar-refractivity contribution is 9.10. The lowest BCUT2D eigenvalue weighted by atomic mass is 10.2. The fourth-order valence-electron chi connectivity index (χ4n) is 3.67. The van der Waals surface area contributed by atoms with E-state index in [2.05, 4.69) is 36.8 Å². The molecule has 4 aromatic rings. The van der Waals surface area contributed by atoms with Crippen molar-refractivity contribution in [1.29, 1.82) is 0 Å². The molecule has 0 spiro atoms. The van der Waals surface area contributed by atoms with Gasteiger partial charge in [0.1, 0.15) is 5.75 Å². The zero-order chi connectivity index (χ0) is 30.4. The van der Waals surface area contributed by atoms with Gasteiger partial charge in [-0.1, -0.05) is 50.9 Å². The number of halogens is 6. The van der Waals surface area contributed by atoms with Gasteiger partial charge in [0.15, 0.2) is 11.0 Å². The van der Waals surface area contributed by atoms with Crippen LogP contribution in [0.3, 0.4) is 0 Å². The summed E-state index contributed by atoms with van der Waals surface area (Å²) >= 11 is 16.5. The minimum absolute atomic E-state index is 0.0332. The van der Waals surface area contributed by atoms with Gasteiger partial charge in [0.05, 0.1) is 45.8 Å². The average molecular weight is 703 g/mol. The number of benzene rings is 3. The zero-order valence-corrected chi connectivity index (χ0v) is 25.6. The third-order valence-corrected chi connectivity index (χ3v) is 7.67. The van der Waals surface area contributed by atoms with Crippen LogP contribution in [0.2, 0.25) is 10.0 Å². The smallest absolute Gasteiger partial charge is 0.416 e. The first kappa shape index (κ1) is 31.7. The molecule has 42 heavy (non-hydrogen) atoms. The van der Waals surface area contributed by atoms with Gasteiger partial charge in [-0.15, -0.1) is 10.2 Å². The molecule has 3 aromatic carbocycles. The Kier molecular flexibility index (Phi) is 10.4. The number of rotatable bonds is 10. The van der Waals surface area contributed by atoms with Crippen LogP contribution in [0.25, 0.3) is 5.69 Å². The summed E-state index contributed by atoms with van der Waals surface area (Å²) in [4.78, 5) is 25.5. The first-order chi connectivity index (χ1) is 20.0. The number of nitrogens with zero attached hydrogens (tertiary/aromatic N) is 3. The van der Waals surface area contributed by atoms with Gasteiger partial charge in [0, 0.05) is 10.2 Å². The van der Waals surface area contributed by atoms with E-state index in [0.29, 0.717) is 33.5 Å². The zero-order valence-electron chi connectivity index (χ0n) is 21.6. The number of aromatic nitrogens is 3. The van der Waals surface area contributed by atoms with Gasteiger partial charge in [0.2, 0.25) is 5.91 Å². The molecular formula is C27H21BrCl2F3N5O3S. The summed E-state index contributed by atoms with van der Waals surface area (Å²) in [5.41, 5.74) is -0.227.